The SMILES string of the molecule is Cl.N[C@H](c1cccs1)c1c(O)cc(Br)cc1Br. The fraction of sp³-hybridized carbons (Fsp3) is 0.0909. The first-order valence-corrected chi connectivity index (χ1v) is 7.03. The lowest BCUT2D eigenvalue weighted by Crippen LogP contribution is -2.11. The summed E-state index contributed by atoms with van der Waals surface area (Å²) in [5, 5.41) is 11.9. The molecule has 1 aromatic carbocycles. The number of hydrogen-bond donors (Lipinski definition) is 2. The van der Waals surface area contributed by atoms with Crippen molar-refractivity contribution >= 4 is 55.6 Å². The van der Waals surface area contributed by atoms with Crippen molar-refractivity contribution in [3.63, 3.8) is 0 Å². The lowest BCUT2D eigenvalue weighted by atomic mass is 10.1. The van der Waals surface area contributed by atoms with E-state index in [1.54, 1.807) is 17.4 Å². The van der Waals surface area contributed by atoms with E-state index in [0.717, 1.165) is 13.8 Å². The van der Waals surface area contributed by atoms with Gasteiger partial charge in [-0.15, -0.1) is 23.7 Å². The zero-order chi connectivity index (χ0) is 11.7. The van der Waals surface area contributed by atoms with Crippen LogP contribution in [0.1, 0.15) is 16.5 Å². The fourth-order valence-corrected chi connectivity index (χ4v) is 3.67. The first-order chi connectivity index (χ1) is 7.59. The number of hydrogen-bond acceptors (Lipinski definition) is 3. The van der Waals surface area contributed by atoms with Gasteiger partial charge in [0, 0.05) is 19.4 Å². The predicted octanol–water partition coefficient (Wildman–Crippen LogP) is 4.45. The number of benzene rings is 1. The molecule has 0 unspecified atom stereocenters. The largest absolute Gasteiger partial charge is 0.508 e. The molecule has 2 nitrogen and oxygen atoms in total. The van der Waals surface area contributed by atoms with Gasteiger partial charge in [-0.1, -0.05) is 37.9 Å². The molecule has 6 heteroatoms. The Morgan fingerprint density at radius 2 is 2.00 bits per heavy atom. The van der Waals surface area contributed by atoms with E-state index in [1.807, 2.05) is 23.6 Å². The second-order valence-corrected chi connectivity index (χ2v) is 6.06. The normalized spacial score (nSPS) is 11.9. The molecule has 0 radical (unpaired) electrons. The van der Waals surface area contributed by atoms with Crippen LogP contribution in [0, 0.1) is 0 Å². The van der Waals surface area contributed by atoms with Gasteiger partial charge in [0.05, 0.1) is 6.04 Å². The van der Waals surface area contributed by atoms with Crippen LogP contribution in [0.2, 0.25) is 0 Å². The molecule has 0 aliphatic heterocycles. The van der Waals surface area contributed by atoms with E-state index in [9.17, 15) is 5.11 Å². The molecule has 0 fully saturated rings. The number of rotatable bonds is 2. The Morgan fingerprint density at radius 1 is 1.29 bits per heavy atom. The van der Waals surface area contributed by atoms with Crippen molar-refractivity contribution in [1.29, 1.82) is 0 Å². The minimum absolute atomic E-state index is 0. The van der Waals surface area contributed by atoms with E-state index in [0.29, 0.717) is 5.56 Å². The van der Waals surface area contributed by atoms with E-state index in [4.69, 9.17) is 5.73 Å². The third kappa shape index (κ3) is 3.23. The summed E-state index contributed by atoms with van der Waals surface area (Å²) < 4.78 is 1.62. The zero-order valence-electron chi connectivity index (χ0n) is 8.56. The molecule has 0 saturated heterocycles. The van der Waals surface area contributed by atoms with Crippen molar-refractivity contribution < 1.29 is 5.11 Å². The highest BCUT2D eigenvalue weighted by Gasteiger charge is 2.17. The van der Waals surface area contributed by atoms with Crippen LogP contribution in [0.4, 0.5) is 0 Å². The number of phenolic OH excluding ortho intramolecular Hbond substituents is 1. The van der Waals surface area contributed by atoms with E-state index in [1.165, 1.54) is 0 Å². The number of nitrogens with two attached hydrogens (primary N) is 1. The molecule has 0 aliphatic carbocycles. The van der Waals surface area contributed by atoms with Crippen molar-refractivity contribution in [3.8, 4) is 5.75 Å². The molecule has 17 heavy (non-hydrogen) atoms. The first-order valence-electron chi connectivity index (χ1n) is 4.56. The van der Waals surface area contributed by atoms with E-state index in [2.05, 4.69) is 31.9 Å². The Bertz CT molecular complexity index is 481. The Hall–Kier alpha value is -0.0700. The Kier molecular flexibility index (Phi) is 5.47. The molecule has 0 spiro atoms. The molecule has 2 aromatic rings. The van der Waals surface area contributed by atoms with Crippen LogP contribution >= 0.6 is 55.6 Å². The van der Waals surface area contributed by atoms with Crippen LogP contribution in [-0.4, -0.2) is 5.11 Å². The average Bonchev–Trinajstić information content (AvgIpc) is 2.67. The molecule has 0 amide bonds. The Labute approximate surface area is 127 Å². The number of aromatic hydroxyl groups is 1. The first kappa shape index (κ1) is 15.0. The summed E-state index contributed by atoms with van der Waals surface area (Å²) >= 11 is 8.31. The van der Waals surface area contributed by atoms with Crippen molar-refractivity contribution in [2.45, 2.75) is 6.04 Å². The summed E-state index contributed by atoms with van der Waals surface area (Å²) in [6, 6.07) is 7.13. The molecular weight excluding hydrogens is 389 g/mol. The van der Waals surface area contributed by atoms with Crippen molar-refractivity contribution in [1.82, 2.24) is 0 Å². The van der Waals surface area contributed by atoms with E-state index < -0.39 is 0 Å². The quantitative estimate of drug-likeness (QED) is 0.784. The minimum Gasteiger partial charge on any atom is -0.508 e. The van der Waals surface area contributed by atoms with Crippen molar-refractivity contribution in [2.24, 2.45) is 5.73 Å². The Balaban J connectivity index is 0.00000144. The van der Waals surface area contributed by atoms with Gasteiger partial charge < -0.3 is 10.8 Å². The maximum absolute atomic E-state index is 9.91. The second kappa shape index (κ2) is 6.20. The summed E-state index contributed by atoms with van der Waals surface area (Å²) in [5.74, 6) is 0.196. The monoisotopic (exact) mass is 397 g/mol. The summed E-state index contributed by atoms with van der Waals surface area (Å²) in [6.07, 6.45) is 0. The summed E-state index contributed by atoms with van der Waals surface area (Å²) in [4.78, 5) is 1.03. The highest BCUT2D eigenvalue weighted by atomic mass is 79.9. The van der Waals surface area contributed by atoms with Gasteiger partial charge in [-0.25, -0.2) is 0 Å². The molecule has 1 atom stereocenters. The Morgan fingerprint density at radius 3 is 2.53 bits per heavy atom. The second-order valence-electron chi connectivity index (χ2n) is 3.31. The van der Waals surface area contributed by atoms with E-state index in [-0.39, 0.29) is 24.2 Å². The number of thiophene rings is 1. The van der Waals surface area contributed by atoms with Crippen LogP contribution in [0.5, 0.6) is 5.75 Å². The van der Waals surface area contributed by atoms with Crippen LogP contribution in [0.25, 0.3) is 0 Å². The van der Waals surface area contributed by atoms with Gasteiger partial charge in [0.25, 0.3) is 0 Å². The maximum Gasteiger partial charge on any atom is 0.122 e. The standard InChI is InChI=1S/C11H9Br2NOS.ClH/c12-6-4-7(13)10(8(15)5-6)11(14)9-2-1-3-16-9;/h1-5,11,15H,14H2;1H/t11-;/m1./s1. The fourth-order valence-electron chi connectivity index (χ4n) is 1.49. The van der Waals surface area contributed by atoms with Gasteiger partial charge in [-0.05, 0) is 23.6 Å². The van der Waals surface area contributed by atoms with Gasteiger partial charge in [0.2, 0.25) is 0 Å². The molecule has 1 aromatic heterocycles. The predicted molar refractivity (Wildman–Crippen MR) is 81.1 cm³/mol. The van der Waals surface area contributed by atoms with Gasteiger partial charge in [0.1, 0.15) is 5.75 Å². The van der Waals surface area contributed by atoms with Crippen LogP contribution in [0.3, 0.4) is 0 Å². The molecule has 0 bridgehead atoms. The van der Waals surface area contributed by atoms with Gasteiger partial charge in [-0.2, -0.15) is 0 Å². The third-order valence-corrected chi connectivity index (χ3v) is 4.30. The highest BCUT2D eigenvalue weighted by molar-refractivity contribution is 9.11. The minimum atomic E-state index is -0.303. The number of halogens is 3. The van der Waals surface area contributed by atoms with Crippen LogP contribution < -0.4 is 5.73 Å². The molecule has 2 rings (SSSR count). The van der Waals surface area contributed by atoms with Gasteiger partial charge in [0.15, 0.2) is 0 Å². The zero-order valence-corrected chi connectivity index (χ0v) is 13.4. The average molecular weight is 400 g/mol. The molecule has 92 valence electrons. The third-order valence-electron chi connectivity index (χ3n) is 2.23. The van der Waals surface area contributed by atoms with Crippen molar-refractivity contribution in [2.75, 3.05) is 0 Å². The molecule has 0 aliphatic rings. The van der Waals surface area contributed by atoms with Crippen LogP contribution in [0.15, 0.2) is 38.6 Å². The number of phenols is 1. The summed E-state index contributed by atoms with van der Waals surface area (Å²) in [5.41, 5.74) is 6.83. The van der Waals surface area contributed by atoms with Gasteiger partial charge >= 0.3 is 0 Å². The summed E-state index contributed by atoms with van der Waals surface area (Å²) in [7, 11) is 0. The molecule has 0 saturated carbocycles. The van der Waals surface area contributed by atoms with E-state index >= 15 is 0 Å². The molecule has 1 heterocycles. The lowest BCUT2D eigenvalue weighted by Gasteiger charge is -2.14. The van der Waals surface area contributed by atoms with Crippen LogP contribution in [-0.2, 0) is 0 Å². The smallest absolute Gasteiger partial charge is 0.122 e. The molecular formula is C11H10Br2ClNOS. The summed E-state index contributed by atoms with van der Waals surface area (Å²) in [6.45, 7) is 0. The molecule has 3 N–H and O–H groups in total. The lowest BCUT2D eigenvalue weighted by molar-refractivity contribution is 0.464. The van der Waals surface area contributed by atoms with Crippen molar-refractivity contribution in [3.05, 3.63) is 49.0 Å². The maximum atomic E-state index is 9.91. The van der Waals surface area contributed by atoms with Gasteiger partial charge in [-0.3, -0.25) is 0 Å². The highest BCUT2D eigenvalue weighted by Crippen LogP contribution is 2.37. The topological polar surface area (TPSA) is 46.2 Å².